The molecule has 4 atom stereocenters. The van der Waals surface area contributed by atoms with Gasteiger partial charge < -0.3 is 26.6 Å². The molecule has 0 radical (unpaired) electrons. The van der Waals surface area contributed by atoms with Crippen molar-refractivity contribution in [3.05, 3.63) is 0 Å². The lowest BCUT2D eigenvalue weighted by Gasteiger charge is -2.34. The second-order valence-electron chi connectivity index (χ2n) is 5.00. The molecular formula is C14H20Br2O10. The number of carbonyl (C=O) groups excluding carboxylic acids is 4. The maximum atomic E-state index is 11.5. The number of halogens is 2. The fourth-order valence-electron chi connectivity index (χ4n) is 2.03. The van der Waals surface area contributed by atoms with Crippen LogP contribution in [0.5, 0.6) is 0 Å². The summed E-state index contributed by atoms with van der Waals surface area (Å²) in [5.41, 5.74) is 0. The Labute approximate surface area is 167 Å². The van der Waals surface area contributed by atoms with Crippen LogP contribution in [0.2, 0.25) is 0 Å². The largest absolute Gasteiger partial charge is 0.456 e. The Balaban J connectivity index is 5.93. The second-order valence-corrected chi connectivity index (χ2v) is 5.91. The van der Waals surface area contributed by atoms with Gasteiger partial charge in [0, 0.05) is 27.7 Å². The summed E-state index contributed by atoms with van der Waals surface area (Å²) >= 11 is 5.45. The summed E-state index contributed by atoms with van der Waals surface area (Å²) in [6, 6.07) is 0. The van der Waals surface area contributed by atoms with E-state index in [0.29, 0.717) is 0 Å². The van der Waals surface area contributed by atoms with Crippen molar-refractivity contribution in [2.75, 3.05) is 13.2 Å². The first kappa shape index (κ1) is 24.8. The van der Waals surface area contributed by atoms with E-state index in [-0.39, 0.29) is 13.2 Å². The van der Waals surface area contributed by atoms with Crippen molar-refractivity contribution in [2.45, 2.75) is 52.1 Å². The maximum Gasteiger partial charge on any atom is 0.303 e. The van der Waals surface area contributed by atoms with Crippen LogP contribution in [0.25, 0.3) is 0 Å². The summed E-state index contributed by atoms with van der Waals surface area (Å²) in [5.74, 6) is -2.89. The molecule has 0 aromatic rings. The van der Waals surface area contributed by atoms with Crippen LogP contribution >= 0.6 is 32.5 Å². The van der Waals surface area contributed by atoms with Crippen LogP contribution in [0, 0.1) is 0 Å². The summed E-state index contributed by atoms with van der Waals surface area (Å²) in [4.78, 5) is 45.8. The van der Waals surface area contributed by atoms with E-state index in [1.54, 1.807) is 0 Å². The van der Waals surface area contributed by atoms with Crippen LogP contribution in [-0.4, -0.2) is 61.5 Å². The molecule has 0 aromatic heterocycles. The Morgan fingerprint density at radius 3 is 1.08 bits per heavy atom. The minimum absolute atomic E-state index is 0.253. The first-order chi connectivity index (χ1) is 12.1. The molecule has 0 spiro atoms. The van der Waals surface area contributed by atoms with Gasteiger partial charge in [-0.3, -0.25) is 19.2 Å². The van der Waals surface area contributed by atoms with E-state index in [4.69, 9.17) is 26.6 Å². The Hall–Kier alpha value is -1.24. The topological polar surface area (TPSA) is 124 Å². The molecule has 0 unspecified atom stereocenters. The summed E-state index contributed by atoms with van der Waals surface area (Å²) < 4.78 is 30.1. The van der Waals surface area contributed by atoms with Crippen molar-refractivity contribution in [3.63, 3.8) is 0 Å². The predicted octanol–water partition coefficient (Wildman–Crippen LogP) is 1.37. The zero-order valence-corrected chi connectivity index (χ0v) is 17.7. The maximum absolute atomic E-state index is 11.5. The average molecular weight is 508 g/mol. The smallest absolute Gasteiger partial charge is 0.303 e. The molecule has 0 amide bonds. The highest BCUT2D eigenvalue weighted by atomic mass is 79.9. The lowest BCUT2D eigenvalue weighted by Crippen LogP contribution is -2.53. The van der Waals surface area contributed by atoms with Gasteiger partial charge in [0.1, 0.15) is 13.2 Å². The van der Waals surface area contributed by atoms with E-state index in [2.05, 4.69) is 32.5 Å². The van der Waals surface area contributed by atoms with Crippen LogP contribution < -0.4 is 0 Å². The Morgan fingerprint density at radius 1 is 0.615 bits per heavy atom. The number of carbonyl (C=O) groups is 4. The number of esters is 4. The number of hydrogen-bond donors (Lipinski definition) is 0. The number of hydrogen-bond acceptors (Lipinski definition) is 10. The molecule has 0 heterocycles. The minimum atomic E-state index is -1.34. The third-order valence-electron chi connectivity index (χ3n) is 2.75. The molecule has 0 aliphatic carbocycles. The van der Waals surface area contributed by atoms with Crippen LogP contribution in [-0.2, 0) is 45.8 Å². The van der Waals surface area contributed by atoms with Gasteiger partial charge in [0.15, 0.2) is 24.4 Å². The van der Waals surface area contributed by atoms with E-state index < -0.39 is 48.3 Å². The minimum Gasteiger partial charge on any atom is -0.456 e. The first-order valence-electron chi connectivity index (χ1n) is 7.28. The molecule has 10 nitrogen and oxygen atoms in total. The molecular weight excluding hydrogens is 488 g/mol. The van der Waals surface area contributed by atoms with Gasteiger partial charge in [-0.2, -0.15) is 0 Å². The molecule has 0 bridgehead atoms. The monoisotopic (exact) mass is 506 g/mol. The third kappa shape index (κ3) is 10.0. The molecule has 150 valence electrons. The summed E-state index contributed by atoms with van der Waals surface area (Å²) in [7, 11) is 0. The molecule has 0 rings (SSSR count). The SMILES string of the molecule is CC(=O)O[C@@H]([C@H](OC(C)=O)[C@@H](COBr)OC(C)=O)[C@@H](COBr)OC(C)=O. The molecule has 0 aliphatic rings. The highest BCUT2D eigenvalue weighted by Crippen LogP contribution is 2.21. The molecule has 0 fully saturated rings. The second kappa shape index (κ2) is 13.0. The third-order valence-corrected chi connectivity index (χ3v) is 3.28. The van der Waals surface area contributed by atoms with Gasteiger partial charge in [0.25, 0.3) is 0 Å². The lowest BCUT2D eigenvalue weighted by atomic mass is 10.0. The van der Waals surface area contributed by atoms with Crippen LogP contribution in [0.15, 0.2) is 0 Å². The average Bonchev–Trinajstić information content (AvgIpc) is 2.48. The van der Waals surface area contributed by atoms with Crippen molar-refractivity contribution in [1.82, 2.24) is 0 Å². The molecule has 0 saturated carbocycles. The van der Waals surface area contributed by atoms with E-state index in [1.807, 2.05) is 0 Å². The molecule has 26 heavy (non-hydrogen) atoms. The van der Waals surface area contributed by atoms with Crippen molar-refractivity contribution in [3.8, 4) is 0 Å². The molecule has 0 saturated heterocycles. The van der Waals surface area contributed by atoms with Crippen LogP contribution in [0.3, 0.4) is 0 Å². The van der Waals surface area contributed by atoms with Gasteiger partial charge in [-0.25, -0.2) is 0 Å². The zero-order chi connectivity index (χ0) is 20.3. The van der Waals surface area contributed by atoms with Gasteiger partial charge in [0.2, 0.25) is 0 Å². The first-order valence-corrected chi connectivity index (χ1v) is 8.57. The van der Waals surface area contributed by atoms with Crippen LogP contribution in [0.4, 0.5) is 0 Å². The van der Waals surface area contributed by atoms with Crippen molar-refractivity contribution < 1.29 is 45.8 Å². The number of ether oxygens (including phenoxy) is 4. The van der Waals surface area contributed by atoms with Gasteiger partial charge in [-0.1, -0.05) is 0 Å². The highest BCUT2D eigenvalue weighted by Gasteiger charge is 2.43. The summed E-state index contributed by atoms with van der Waals surface area (Å²) in [5, 5.41) is 0. The van der Waals surface area contributed by atoms with Gasteiger partial charge in [-0.15, -0.1) is 0 Å². The Kier molecular flexibility index (Phi) is 12.4. The van der Waals surface area contributed by atoms with E-state index in [9.17, 15) is 19.2 Å². The molecule has 0 N–H and O–H groups in total. The van der Waals surface area contributed by atoms with E-state index in [0.717, 1.165) is 27.7 Å². The van der Waals surface area contributed by atoms with Crippen LogP contribution in [0.1, 0.15) is 27.7 Å². The summed E-state index contributed by atoms with van der Waals surface area (Å²) in [6.07, 6.45) is -5.03. The van der Waals surface area contributed by atoms with Crippen molar-refractivity contribution in [1.29, 1.82) is 0 Å². The molecule has 0 aromatic carbocycles. The number of rotatable bonds is 11. The standard InChI is InChI=1S/C14H20Br2O10/c1-7(17)23-11(5-21-15)13(25-9(3)19)14(26-10(4)20)12(6-22-16)24-8(2)18/h11-14H,5-6H2,1-4H3/t11-,12-,13-,14-/m1/s1. The fraction of sp³-hybridized carbons (Fsp3) is 0.714. The lowest BCUT2D eigenvalue weighted by molar-refractivity contribution is -0.201. The van der Waals surface area contributed by atoms with Gasteiger partial charge in [0.05, 0.1) is 32.5 Å². The quantitative estimate of drug-likeness (QED) is 0.299. The van der Waals surface area contributed by atoms with E-state index >= 15 is 0 Å². The van der Waals surface area contributed by atoms with E-state index in [1.165, 1.54) is 0 Å². The molecule has 12 heteroatoms. The fourth-order valence-corrected chi connectivity index (χ4v) is 2.56. The molecule has 0 aliphatic heterocycles. The normalized spacial score (nSPS) is 15.2. The Bertz CT molecular complexity index is 454. The highest BCUT2D eigenvalue weighted by molar-refractivity contribution is 9.06. The zero-order valence-electron chi connectivity index (χ0n) is 14.6. The van der Waals surface area contributed by atoms with Crippen molar-refractivity contribution >= 4 is 56.4 Å². The Morgan fingerprint density at radius 2 is 0.885 bits per heavy atom. The van der Waals surface area contributed by atoms with Crippen molar-refractivity contribution in [2.24, 2.45) is 0 Å². The summed E-state index contributed by atoms with van der Waals surface area (Å²) in [6.45, 7) is 3.99. The van der Waals surface area contributed by atoms with Gasteiger partial charge in [-0.05, 0) is 0 Å². The van der Waals surface area contributed by atoms with Gasteiger partial charge >= 0.3 is 23.9 Å². The predicted molar refractivity (Wildman–Crippen MR) is 92.0 cm³/mol.